The van der Waals surface area contributed by atoms with E-state index in [1.165, 1.54) is 24.0 Å². The van der Waals surface area contributed by atoms with Crippen molar-refractivity contribution in [3.63, 3.8) is 0 Å². The summed E-state index contributed by atoms with van der Waals surface area (Å²) in [5.41, 5.74) is 3.59. The quantitative estimate of drug-likeness (QED) is 0.795. The zero-order chi connectivity index (χ0) is 13.2. The van der Waals surface area contributed by atoms with E-state index in [2.05, 4.69) is 50.5 Å². The molecule has 3 rings (SSSR count). The molecule has 19 heavy (non-hydrogen) atoms. The Labute approximate surface area is 126 Å². The van der Waals surface area contributed by atoms with E-state index in [9.17, 15) is 0 Å². The van der Waals surface area contributed by atoms with E-state index in [4.69, 9.17) is 11.6 Å². The van der Waals surface area contributed by atoms with Gasteiger partial charge in [0.15, 0.2) is 5.15 Å². The maximum atomic E-state index is 6.06. The van der Waals surface area contributed by atoms with Crippen LogP contribution in [0.3, 0.4) is 0 Å². The van der Waals surface area contributed by atoms with Crippen LogP contribution in [0, 0.1) is 0 Å². The fourth-order valence-electron chi connectivity index (χ4n) is 2.12. The average molecular weight is 338 g/mol. The highest BCUT2D eigenvalue weighted by Gasteiger charge is 2.23. The van der Waals surface area contributed by atoms with Crippen molar-refractivity contribution in [2.45, 2.75) is 25.3 Å². The van der Waals surface area contributed by atoms with Gasteiger partial charge in [0, 0.05) is 17.2 Å². The van der Waals surface area contributed by atoms with Gasteiger partial charge in [-0.2, -0.15) is 0 Å². The van der Waals surface area contributed by atoms with Gasteiger partial charge in [-0.15, -0.1) is 0 Å². The van der Waals surface area contributed by atoms with Crippen molar-refractivity contribution in [2.75, 3.05) is 5.32 Å². The molecule has 0 saturated heterocycles. The van der Waals surface area contributed by atoms with Gasteiger partial charge < -0.3 is 5.32 Å². The third kappa shape index (κ3) is 3.28. The molecule has 0 bridgehead atoms. The molecule has 0 spiro atoms. The lowest BCUT2D eigenvalue weighted by Crippen LogP contribution is -2.01. The molecule has 0 aliphatic heterocycles. The van der Waals surface area contributed by atoms with Gasteiger partial charge in [-0.05, 0) is 51.9 Å². The van der Waals surface area contributed by atoms with Gasteiger partial charge in [-0.3, -0.25) is 0 Å². The van der Waals surface area contributed by atoms with Gasteiger partial charge >= 0.3 is 0 Å². The Balaban J connectivity index is 1.71. The maximum absolute atomic E-state index is 6.06. The summed E-state index contributed by atoms with van der Waals surface area (Å²) < 4.78 is 0.922. The number of nitrogens with zero attached hydrogens (tertiary/aromatic N) is 1. The number of halogens is 2. The Morgan fingerprint density at radius 3 is 2.95 bits per heavy atom. The number of pyridine rings is 1. The van der Waals surface area contributed by atoms with Crippen molar-refractivity contribution in [2.24, 2.45) is 0 Å². The van der Waals surface area contributed by atoms with Gasteiger partial charge in [0.2, 0.25) is 0 Å². The molecular formula is C15H14BrClN2. The van der Waals surface area contributed by atoms with Crippen LogP contribution in [-0.2, 0) is 6.54 Å². The van der Waals surface area contributed by atoms with Crippen molar-refractivity contribution in [3.8, 4) is 0 Å². The molecule has 2 nitrogen and oxygen atoms in total. The minimum Gasteiger partial charge on any atom is -0.378 e. The van der Waals surface area contributed by atoms with Crippen molar-refractivity contribution in [1.29, 1.82) is 0 Å². The molecule has 1 aromatic heterocycles. The molecule has 4 heteroatoms. The van der Waals surface area contributed by atoms with Gasteiger partial charge in [0.1, 0.15) is 0 Å². The number of hydrogen-bond acceptors (Lipinski definition) is 2. The second kappa shape index (κ2) is 5.51. The molecule has 2 aromatic rings. The molecule has 1 fully saturated rings. The van der Waals surface area contributed by atoms with Crippen molar-refractivity contribution in [3.05, 3.63) is 57.3 Å². The largest absolute Gasteiger partial charge is 0.378 e. The van der Waals surface area contributed by atoms with E-state index in [0.29, 0.717) is 5.15 Å². The summed E-state index contributed by atoms with van der Waals surface area (Å²) in [7, 11) is 0. The van der Waals surface area contributed by atoms with Gasteiger partial charge in [0.25, 0.3) is 0 Å². The van der Waals surface area contributed by atoms with Gasteiger partial charge in [-0.25, -0.2) is 4.98 Å². The molecule has 1 aliphatic rings. The summed E-state index contributed by atoms with van der Waals surface area (Å²) in [6, 6.07) is 10.7. The second-order valence-corrected chi connectivity index (χ2v) is 6.14. The summed E-state index contributed by atoms with van der Waals surface area (Å²) in [5, 5.41) is 3.83. The zero-order valence-corrected chi connectivity index (χ0v) is 12.7. The molecule has 0 unspecified atom stereocenters. The third-order valence-corrected chi connectivity index (χ3v) is 4.02. The van der Waals surface area contributed by atoms with Crippen LogP contribution in [0.1, 0.15) is 29.9 Å². The predicted molar refractivity (Wildman–Crippen MR) is 82.7 cm³/mol. The molecular weight excluding hydrogens is 324 g/mol. The molecule has 0 amide bonds. The number of rotatable bonds is 4. The predicted octanol–water partition coefficient (Wildman–Crippen LogP) is 4.99. The molecule has 1 saturated carbocycles. The molecule has 0 radical (unpaired) electrons. The van der Waals surface area contributed by atoms with Crippen molar-refractivity contribution in [1.82, 2.24) is 4.98 Å². The monoisotopic (exact) mass is 336 g/mol. The lowest BCUT2D eigenvalue weighted by Gasteiger charge is -2.09. The number of nitrogens with one attached hydrogen (secondary N) is 1. The van der Waals surface area contributed by atoms with E-state index >= 15 is 0 Å². The topological polar surface area (TPSA) is 24.9 Å². The van der Waals surface area contributed by atoms with Crippen molar-refractivity contribution < 1.29 is 0 Å². The Hall–Kier alpha value is -1.06. The number of benzene rings is 1. The first kappa shape index (κ1) is 12.9. The molecule has 1 aliphatic carbocycles. The first-order chi connectivity index (χ1) is 9.22. The van der Waals surface area contributed by atoms with Gasteiger partial charge in [-0.1, -0.05) is 35.9 Å². The SMILES string of the molecule is Clc1ncc(Br)cc1NCc1cccc(C2CC2)c1. The third-order valence-electron chi connectivity index (χ3n) is 3.29. The van der Waals surface area contributed by atoms with Crippen molar-refractivity contribution >= 4 is 33.2 Å². The van der Waals surface area contributed by atoms with E-state index < -0.39 is 0 Å². The Bertz CT molecular complexity index is 596. The molecule has 0 atom stereocenters. The van der Waals surface area contributed by atoms with E-state index in [-0.39, 0.29) is 0 Å². The van der Waals surface area contributed by atoms with E-state index in [1.54, 1.807) is 6.20 Å². The zero-order valence-electron chi connectivity index (χ0n) is 10.4. The summed E-state index contributed by atoms with van der Waals surface area (Å²) in [6.07, 6.45) is 4.36. The summed E-state index contributed by atoms with van der Waals surface area (Å²) in [5.74, 6) is 0.788. The first-order valence-corrected chi connectivity index (χ1v) is 7.53. The van der Waals surface area contributed by atoms with Crippen LogP contribution < -0.4 is 5.32 Å². The number of anilines is 1. The smallest absolute Gasteiger partial charge is 0.152 e. The van der Waals surface area contributed by atoms with Crippen LogP contribution in [0.15, 0.2) is 41.0 Å². The summed E-state index contributed by atoms with van der Waals surface area (Å²) in [6.45, 7) is 0.762. The highest BCUT2D eigenvalue weighted by molar-refractivity contribution is 9.10. The van der Waals surface area contributed by atoms with Crippen LogP contribution >= 0.6 is 27.5 Å². The highest BCUT2D eigenvalue weighted by Crippen LogP contribution is 2.40. The Kier molecular flexibility index (Phi) is 3.76. The Morgan fingerprint density at radius 2 is 2.16 bits per heavy atom. The minimum absolute atomic E-state index is 0.501. The lowest BCUT2D eigenvalue weighted by molar-refractivity contribution is 1.08. The first-order valence-electron chi connectivity index (χ1n) is 6.36. The van der Waals surface area contributed by atoms with E-state index in [1.807, 2.05) is 6.07 Å². The normalized spacial score (nSPS) is 14.4. The van der Waals surface area contributed by atoms with Gasteiger partial charge in [0.05, 0.1) is 5.69 Å². The van der Waals surface area contributed by atoms with E-state index in [0.717, 1.165) is 22.6 Å². The van der Waals surface area contributed by atoms with Crippen LogP contribution in [-0.4, -0.2) is 4.98 Å². The number of aromatic nitrogens is 1. The Morgan fingerprint density at radius 1 is 1.32 bits per heavy atom. The summed E-state index contributed by atoms with van der Waals surface area (Å²) >= 11 is 9.46. The van der Waals surface area contributed by atoms with Crippen LogP contribution in [0.25, 0.3) is 0 Å². The average Bonchev–Trinajstić information content (AvgIpc) is 3.25. The van der Waals surface area contributed by atoms with Crippen LogP contribution in [0.5, 0.6) is 0 Å². The second-order valence-electron chi connectivity index (χ2n) is 4.86. The highest BCUT2D eigenvalue weighted by atomic mass is 79.9. The van der Waals surface area contributed by atoms with Crippen LogP contribution in [0.2, 0.25) is 5.15 Å². The molecule has 1 heterocycles. The molecule has 98 valence electrons. The fourth-order valence-corrected chi connectivity index (χ4v) is 2.62. The standard InChI is InChI=1S/C15H14BrClN2/c16-13-7-14(15(17)19-9-13)18-8-10-2-1-3-12(6-10)11-4-5-11/h1-3,6-7,9,11,18H,4-5,8H2. The van der Waals surface area contributed by atoms with Crippen LogP contribution in [0.4, 0.5) is 5.69 Å². The minimum atomic E-state index is 0.501. The summed E-state index contributed by atoms with van der Waals surface area (Å²) in [4.78, 5) is 4.10. The molecule has 1 aromatic carbocycles. The maximum Gasteiger partial charge on any atom is 0.152 e. The lowest BCUT2D eigenvalue weighted by atomic mass is 10.1. The fraction of sp³-hybridized carbons (Fsp3) is 0.267. The number of hydrogen-bond donors (Lipinski definition) is 1. The molecule has 1 N–H and O–H groups in total.